The third-order valence-corrected chi connectivity index (χ3v) is 4.81. The number of alkyl halides is 3. The van der Waals surface area contributed by atoms with Crippen LogP contribution in [0.1, 0.15) is 11.3 Å². The number of hydrogen-bond acceptors (Lipinski definition) is 4. The SMILES string of the molecule is COCCN1C(=O)S/C(=C/c2cccn2-c2cccc(C(F)(F)F)c2)C1=O. The van der Waals surface area contributed by atoms with Crippen LogP contribution in [-0.2, 0) is 15.7 Å². The molecule has 27 heavy (non-hydrogen) atoms. The highest BCUT2D eigenvalue weighted by Crippen LogP contribution is 2.33. The van der Waals surface area contributed by atoms with Gasteiger partial charge < -0.3 is 9.30 Å². The van der Waals surface area contributed by atoms with E-state index in [1.54, 1.807) is 18.3 Å². The number of rotatable bonds is 5. The van der Waals surface area contributed by atoms with Crippen molar-refractivity contribution in [1.82, 2.24) is 9.47 Å². The highest BCUT2D eigenvalue weighted by atomic mass is 32.2. The van der Waals surface area contributed by atoms with E-state index < -0.39 is 22.9 Å². The highest BCUT2D eigenvalue weighted by molar-refractivity contribution is 8.18. The maximum absolute atomic E-state index is 13.0. The lowest BCUT2D eigenvalue weighted by atomic mass is 10.2. The number of thioether (sulfide) groups is 1. The van der Waals surface area contributed by atoms with Crippen LogP contribution in [0.5, 0.6) is 0 Å². The average Bonchev–Trinajstić information content (AvgIpc) is 3.18. The number of methoxy groups -OCH3 is 1. The van der Waals surface area contributed by atoms with Crippen molar-refractivity contribution in [3.8, 4) is 5.69 Å². The van der Waals surface area contributed by atoms with E-state index in [0.717, 1.165) is 28.8 Å². The molecule has 1 aromatic carbocycles. The van der Waals surface area contributed by atoms with E-state index in [0.29, 0.717) is 11.4 Å². The van der Waals surface area contributed by atoms with Crippen molar-refractivity contribution in [2.75, 3.05) is 20.3 Å². The van der Waals surface area contributed by atoms with E-state index in [4.69, 9.17) is 4.74 Å². The van der Waals surface area contributed by atoms with Crippen molar-refractivity contribution >= 4 is 29.0 Å². The smallest absolute Gasteiger partial charge is 0.383 e. The summed E-state index contributed by atoms with van der Waals surface area (Å²) in [6.07, 6.45) is -1.36. The minimum atomic E-state index is -4.45. The Hall–Kier alpha value is -2.52. The second-order valence-corrected chi connectivity index (χ2v) is 6.67. The van der Waals surface area contributed by atoms with Gasteiger partial charge in [0.05, 0.1) is 23.6 Å². The molecule has 9 heteroatoms. The van der Waals surface area contributed by atoms with Crippen LogP contribution in [0, 0.1) is 0 Å². The van der Waals surface area contributed by atoms with Crippen molar-refractivity contribution in [3.05, 3.63) is 58.8 Å². The third kappa shape index (κ3) is 4.09. The van der Waals surface area contributed by atoms with Crippen LogP contribution in [0.3, 0.4) is 0 Å². The molecule has 0 aliphatic carbocycles. The molecule has 0 radical (unpaired) electrons. The van der Waals surface area contributed by atoms with Crippen LogP contribution in [0.4, 0.5) is 18.0 Å². The maximum atomic E-state index is 13.0. The van der Waals surface area contributed by atoms with Crippen LogP contribution >= 0.6 is 11.8 Å². The van der Waals surface area contributed by atoms with Crippen molar-refractivity contribution in [2.45, 2.75) is 6.18 Å². The summed E-state index contributed by atoms with van der Waals surface area (Å²) in [5.41, 5.74) is 0.0331. The number of nitrogens with zero attached hydrogens (tertiary/aromatic N) is 2. The zero-order valence-electron chi connectivity index (χ0n) is 14.2. The van der Waals surface area contributed by atoms with Crippen LogP contribution in [0.15, 0.2) is 47.5 Å². The summed E-state index contributed by atoms with van der Waals surface area (Å²) >= 11 is 0.791. The number of imide groups is 1. The van der Waals surface area contributed by atoms with E-state index >= 15 is 0 Å². The fraction of sp³-hybridized carbons (Fsp3) is 0.222. The van der Waals surface area contributed by atoms with Gasteiger partial charge in [-0.25, -0.2) is 0 Å². The fourth-order valence-electron chi connectivity index (χ4n) is 2.59. The molecule has 2 aromatic rings. The van der Waals surface area contributed by atoms with Gasteiger partial charge in [-0.2, -0.15) is 13.2 Å². The fourth-order valence-corrected chi connectivity index (χ4v) is 3.44. The van der Waals surface area contributed by atoms with E-state index in [9.17, 15) is 22.8 Å². The number of hydrogen-bond donors (Lipinski definition) is 0. The van der Waals surface area contributed by atoms with E-state index in [1.165, 1.54) is 29.9 Å². The standard InChI is InChI=1S/C18H15F3N2O3S/c1-26-9-8-23-16(24)15(27-17(23)25)11-14-6-3-7-22(14)13-5-2-4-12(10-13)18(19,20)21/h2-7,10-11H,8-9H2,1H3/b15-11+. The highest BCUT2D eigenvalue weighted by Gasteiger charge is 2.35. The summed E-state index contributed by atoms with van der Waals surface area (Å²) in [5, 5.41) is -0.402. The monoisotopic (exact) mass is 396 g/mol. The summed E-state index contributed by atoms with van der Waals surface area (Å²) in [4.78, 5) is 25.7. The first-order chi connectivity index (χ1) is 12.8. The van der Waals surface area contributed by atoms with Crippen LogP contribution in [0.25, 0.3) is 11.8 Å². The topological polar surface area (TPSA) is 51.5 Å². The molecule has 3 rings (SSSR count). The Morgan fingerprint density at radius 3 is 2.67 bits per heavy atom. The van der Waals surface area contributed by atoms with Gasteiger partial charge in [-0.05, 0) is 48.2 Å². The number of aromatic nitrogens is 1. The van der Waals surface area contributed by atoms with Gasteiger partial charge in [0.25, 0.3) is 11.1 Å². The number of ether oxygens (including phenoxy) is 1. The van der Waals surface area contributed by atoms with E-state index in [-0.39, 0.29) is 18.1 Å². The first-order valence-corrected chi connectivity index (χ1v) is 8.72. The maximum Gasteiger partial charge on any atom is 0.416 e. The van der Waals surface area contributed by atoms with Gasteiger partial charge in [0.1, 0.15) is 0 Å². The molecule has 1 aliphatic heterocycles. The minimum absolute atomic E-state index is 0.146. The molecule has 1 aliphatic rings. The molecule has 5 nitrogen and oxygen atoms in total. The molecule has 1 saturated heterocycles. The van der Waals surface area contributed by atoms with E-state index in [1.807, 2.05) is 0 Å². The van der Waals surface area contributed by atoms with Crippen LogP contribution in [-0.4, -0.2) is 40.9 Å². The quantitative estimate of drug-likeness (QED) is 0.712. The molecular weight excluding hydrogens is 381 g/mol. The lowest BCUT2D eigenvalue weighted by molar-refractivity contribution is -0.137. The number of carbonyl (C=O) groups excluding carboxylic acids is 2. The van der Waals surface area contributed by atoms with Crippen molar-refractivity contribution < 1.29 is 27.5 Å². The molecule has 1 aromatic heterocycles. The number of halogens is 3. The summed E-state index contributed by atoms with van der Waals surface area (Å²) in [5.74, 6) is -0.446. The zero-order chi connectivity index (χ0) is 19.6. The number of amides is 2. The van der Waals surface area contributed by atoms with Gasteiger partial charge in [0.2, 0.25) is 0 Å². The Bertz CT molecular complexity index is 905. The molecule has 0 N–H and O–H groups in total. The largest absolute Gasteiger partial charge is 0.416 e. The van der Waals surface area contributed by atoms with Gasteiger partial charge in [-0.3, -0.25) is 14.5 Å². The zero-order valence-corrected chi connectivity index (χ0v) is 15.0. The lowest BCUT2D eigenvalue weighted by Crippen LogP contribution is -2.31. The van der Waals surface area contributed by atoms with E-state index in [2.05, 4.69) is 0 Å². The van der Waals surface area contributed by atoms with Gasteiger partial charge in [0.15, 0.2) is 0 Å². The average molecular weight is 396 g/mol. The van der Waals surface area contributed by atoms with Gasteiger partial charge in [-0.1, -0.05) is 6.07 Å². The predicted octanol–water partition coefficient (Wildman–Crippen LogP) is 4.18. The molecule has 0 unspecified atom stereocenters. The Kier molecular flexibility index (Phi) is 5.43. The lowest BCUT2D eigenvalue weighted by Gasteiger charge is -2.12. The van der Waals surface area contributed by atoms with Crippen LogP contribution in [0.2, 0.25) is 0 Å². The second-order valence-electron chi connectivity index (χ2n) is 5.68. The Labute approximate surface area is 157 Å². The molecule has 0 atom stereocenters. The molecule has 1 fully saturated rings. The van der Waals surface area contributed by atoms with Crippen LogP contribution < -0.4 is 0 Å². The third-order valence-electron chi connectivity index (χ3n) is 3.90. The first-order valence-electron chi connectivity index (χ1n) is 7.90. The van der Waals surface area contributed by atoms with Gasteiger partial charge in [0, 0.05) is 24.7 Å². The first kappa shape index (κ1) is 19.2. The van der Waals surface area contributed by atoms with Gasteiger partial charge >= 0.3 is 6.18 Å². The molecule has 0 saturated carbocycles. The summed E-state index contributed by atoms with van der Waals surface area (Å²) in [6.45, 7) is 0.374. The molecular formula is C18H15F3N2O3S. The number of benzene rings is 1. The van der Waals surface area contributed by atoms with Crippen molar-refractivity contribution in [1.29, 1.82) is 0 Å². The predicted molar refractivity (Wildman–Crippen MR) is 95.3 cm³/mol. The van der Waals surface area contributed by atoms with Gasteiger partial charge in [-0.15, -0.1) is 0 Å². The Morgan fingerprint density at radius 1 is 1.19 bits per heavy atom. The molecule has 142 valence electrons. The minimum Gasteiger partial charge on any atom is -0.383 e. The number of carbonyl (C=O) groups is 2. The van der Waals surface area contributed by atoms with Crippen molar-refractivity contribution in [2.24, 2.45) is 0 Å². The Morgan fingerprint density at radius 2 is 1.96 bits per heavy atom. The molecule has 0 spiro atoms. The summed E-state index contributed by atoms with van der Waals surface area (Å²) < 4.78 is 45.3. The Balaban J connectivity index is 1.91. The normalized spacial score (nSPS) is 16.6. The summed E-state index contributed by atoms with van der Waals surface area (Å²) in [6, 6.07) is 8.19. The molecule has 0 bridgehead atoms. The molecule has 2 heterocycles. The second kappa shape index (κ2) is 7.61. The summed E-state index contributed by atoms with van der Waals surface area (Å²) in [7, 11) is 1.47. The van der Waals surface area contributed by atoms with Crippen molar-refractivity contribution in [3.63, 3.8) is 0 Å². The molecule has 2 amide bonds.